The first-order valence-electron chi connectivity index (χ1n) is 23.4. The smallest absolute Gasteiger partial charge is 0.336 e. The van der Waals surface area contributed by atoms with Crippen molar-refractivity contribution in [1.29, 1.82) is 0 Å². The standard InChI is InChI=1S/C48H78O13/c1-7-8-9-10-11-12-13-14-15-16-17-18-19-23-38(49)60-37-28-32(2)25-27-57-39(50)29-46(4,56)30-40(51)58-31-35-41(52)42(53)43(54)45(59-35)61-44(55)34-21-20-22-36-47(34,5)26-24-33(3)48(36,37)6/h21,25,33,35-37,41-43,45,52-54,56H,7-20,22-24,26-31H2,1-6H3/b32-25-/t33-,35+,36+,37-,41+,42-,43+,45-,46-,47+,48+/m1/s1. The van der Waals surface area contributed by atoms with Gasteiger partial charge < -0.3 is 44.1 Å². The van der Waals surface area contributed by atoms with Gasteiger partial charge in [0.2, 0.25) is 6.29 Å². The maximum Gasteiger partial charge on any atom is 0.336 e. The Bertz CT molecular complexity index is 1510. The van der Waals surface area contributed by atoms with Gasteiger partial charge in [-0.15, -0.1) is 0 Å². The Hall–Kier alpha value is -2.84. The summed E-state index contributed by atoms with van der Waals surface area (Å²) in [6.45, 7) is 11.1. The molecule has 0 spiro atoms. The van der Waals surface area contributed by atoms with Crippen LogP contribution in [0.1, 0.15) is 176 Å². The Kier molecular flexibility index (Phi) is 19.8. The molecule has 0 unspecified atom stereocenters. The van der Waals surface area contributed by atoms with Gasteiger partial charge in [0.25, 0.3) is 0 Å². The Balaban J connectivity index is 1.52. The molecule has 13 heteroatoms. The Morgan fingerprint density at radius 3 is 2.02 bits per heavy atom. The molecular weight excluding hydrogens is 785 g/mol. The second-order valence-electron chi connectivity index (χ2n) is 19.3. The van der Waals surface area contributed by atoms with Gasteiger partial charge in [-0.05, 0) is 63.9 Å². The number of aliphatic hydroxyl groups is 4. The molecule has 2 fully saturated rings. The molecule has 2 aliphatic carbocycles. The van der Waals surface area contributed by atoms with Crippen molar-refractivity contribution >= 4 is 23.9 Å². The lowest BCUT2D eigenvalue weighted by Gasteiger charge is -2.59. The van der Waals surface area contributed by atoms with Crippen LogP contribution in [-0.4, -0.2) is 99.9 Å². The summed E-state index contributed by atoms with van der Waals surface area (Å²) in [4.78, 5) is 53.5. The molecule has 2 heterocycles. The molecule has 6 bridgehead atoms. The van der Waals surface area contributed by atoms with Crippen LogP contribution in [0.25, 0.3) is 0 Å². The number of aliphatic hydroxyl groups excluding tert-OH is 3. The quantitative estimate of drug-likeness (QED) is 0.0548. The highest BCUT2D eigenvalue weighted by molar-refractivity contribution is 5.90. The Morgan fingerprint density at radius 2 is 1.39 bits per heavy atom. The first-order chi connectivity index (χ1) is 28.9. The highest BCUT2D eigenvalue weighted by Crippen LogP contribution is 2.63. The maximum atomic E-state index is 14.2. The molecule has 61 heavy (non-hydrogen) atoms. The summed E-state index contributed by atoms with van der Waals surface area (Å²) >= 11 is 0. The van der Waals surface area contributed by atoms with Crippen LogP contribution >= 0.6 is 0 Å². The number of ether oxygens (including phenoxy) is 5. The number of esters is 4. The maximum absolute atomic E-state index is 14.2. The van der Waals surface area contributed by atoms with Crippen molar-refractivity contribution in [2.75, 3.05) is 13.2 Å². The topological polar surface area (TPSA) is 195 Å². The molecule has 4 N–H and O–H groups in total. The third-order valence-corrected chi connectivity index (χ3v) is 14.3. The number of allylic oxidation sites excluding steroid dienone is 1. The van der Waals surface area contributed by atoms with Crippen molar-refractivity contribution in [2.45, 2.75) is 219 Å². The highest BCUT2D eigenvalue weighted by Gasteiger charge is 2.60. The zero-order chi connectivity index (χ0) is 44.8. The lowest BCUT2D eigenvalue weighted by atomic mass is 9.46. The number of hydrogen-bond donors (Lipinski definition) is 4. The molecule has 1 saturated carbocycles. The summed E-state index contributed by atoms with van der Waals surface area (Å²) in [5, 5.41) is 43.1. The number of rotatable bonds is 15. The highest BCUT2D eigenvalue weighted by atomic mass is 16.7. The van der Waals surface area contributed by atoms with Crippen molar-refractivity contribution in [1.82, 2.24) is 0 Å². The van der Waals surface area contributed by atoms with Crippen LogP contribution in [0.3, 0.4) is 0 Å². The Morgan fingerprint density at radius 1 is 0.803 bits per heavy atom. The van der Waals surface area contributed by atoms with Crippen molar-refractivity contribution < 1.29 is 63.3 Å². The van der Waals surface area contributed by atoms with Gasteiger partial charge in [0.15, 0.2) is 0 Å². The second-order valence-corrected chi connectivity index (χ2v) is 19.3. The number of cyclic esters (lactones) is 2. The second kappa shape index (κ2) is 23.7. The first kappa shape index (κ1) is 50.8. The predicted octanol–water partition coefficient (Wildman–Crippen LogP) is 7.48. The van der Waals surface area contributed by atoms with Crippen LogP contribution in [0.2, 0.25) is 0 Å². The molecular formula is C48H78O13. The predicted molar refractivity (Wildman–Crippen MR) is 229 cm³/mol. The molecule has 0 aromatic heterocycles. The molecule has 0 radical (unpaired) electrons. The van der Waals surface area contributed by atoms with Crippen LogP contribution in [0.5, 0.6) is 0 Å². The van der Waals surface area contributed by atoms with Crippen LogP contribution < -0.4 is 0 Å². The van der Waals surface area contributed by atoms with Crippen molar-refractivity contribution in [3.05, 3.63) is 23.3 Å². The minimum atomic E-state index is -1.83. The average Bonchev–Trinajstić information content (AvgIpc) is 3.19. The largest absolute Gasteiger partial charge is 0.463 e. The van der Waals surface area contributed by atoms with E-state index in [1.165, 1.54) is 64.7 Å². The lowest BCUT2D eigenvalue weighted by Crippen LogP contribution is -2.60. The summed E-state index contributed by atoms with van der Waals surface area (Å²) in [6.07, 6.45) is 12.5. The fraction of sp³-hybridized carbons (Fsp3) is 0.833. The van der Waals surface area contributed by atoms with Crippen molar-refractivity contribution in [2.24, 2.45) is 22.7 Å². The monoisotopic (exact) mass is 863 g/mol. The Labute approximate surface area is 364 Å². The van der Waals surface area contributed by atoms with E-state index in [4.69, 9.17) is 23.7 Å². The van der Waals surface area contributed by atoms with Gasteiger partial charge in [-0.1, -0.05) is 116 Å². The van der Waals surface area contributed by atoms with Gasteiger partial charge in [0, 0.05) is 29.2 Å². The van der Waals surface area contributed by atoms with Crippen molar-refractivity contribution in [3.63, 3.8) is 0 Å². The van der Waals surface area contributed by atoms with Crippen molar-refractivity contribution in [3.8, 4) is 0 Å². The fourth-order valence-corrected chi connectivity index (χ4v) is 10.3. The summed E-state index contributed by atoms with van der Waals surface area (Å²) in [5.74, 6) is -2.69. The van der Waals surface area contributed by atoms with E-state index in [0.717, 1.165) is 44.1 Å². The summed E-state index contributed by atoms with van der Waals surface area (Å²) in [5.41, 5.74) is -1.91. The van der Waals surface area contributed by atoms with E-state index in [2.05, 4.69) is 20.8 Å². The van der Waals surface area contributed by atoms with E-state index in [9.17, 15) is 39.6 Å². The number of hydrogen-bond acceptors (Lipinski definition) is 13. The molecule has 4 rings (SSSR count). The first-order valence-corrected chi connectivity index (χ1v) is 23.4. The third kappa shape index (κ3) is 14.1. The molecule has 13 nitrogen and oxygen atoms in total. The summed E-state index contributed by atoms with van der Waals surface area (Å²) in [7, 11) is 0. The van der Waals surface area contributed by atoms with Crippen LogP contribution in [0.4, 0.5) is 0 Å². The van der Waals surface area contributed by atoms with E-state index >= 15 is 0 Å². The minimum Gasteiger partial charge on any atom is -0.463 e. The summed E-state index contributed by atoms with van der Waals surface area (Å²) in [6, 6.07) is 0. The zero-order valence-electron chi connectivity index (χ0n) is 38.0. The van der Waals surface area contributed by atoms with Gasteiger partial charge >= 0.3 is 23.9 Å². The van der Waals surface area contributed by atoms with Gasteiger partial charge in [0.05, 0.1) is 18.4 Å². The number of carbonyl (C=O) groups excluding carboxylic acids is 4. The van der Waals surface area contributed by atoms with Crippen LogP contribution in [-0.2, 0) is 42.9 Å². The molecule has 11 atom stereocenters. The number of carbonyl (C=O) groups is 4. The molecule has 1 saturated heterocycles. The molecule has 2 aliphatic heterocycles. The van der Waals surface area contributed by atoms with Crippen LogP contribution in [0, 0.1) is 22.7 Å². The van der Waals surface area contributed by atoms with E-state index < -0.39 is 90.6 Å². The molecule has 0 aromatic rings. The fourth-order valence-electron chi connectivity index (χ4n) is 10.3. The molecule has 348 valence electrons. The average molecular weight is 863 g/mol. The van der Waals surface area contributed by atoms with Gasteiger partial charge in [-0.25, -0.2) is 4.79 Å². The number of fused-ring (bicyclic) bond motifs is 2. The normalized spacial score (nSPS) is 36.5. The van der Waals surface area contributed by atoms with E-state index in [-0.39, 0.29) is 24.4 Å². The van der Waals surface area contributed by atoms with Gasteiger partial charge in [0.1, 0.15) is 43.7 Å². The summed E-state index contributed by atoms with van der Waals surface area (Å²) < 4.78 is 28.8. The SMILES string of the molecule is CCCCCCCCCCCCCCCC(=O)O[C@@H]1C/C(C)=C\COC(=O)C[C@@](C)(O)CC(=O)OC[C@@H]2O[C@H](OC(=O)C3=CCC[C@@H]4[C@]1(C)[C@H](C)CC[C@@]34C)[C@@H](O)[C@H](O)[C@H]2O. The van der Waals surface area contributed by atoms with E-state index in [1.807, 2.05) is 19.9 Å². The molecule has 0 aromatic carbocycles. The minimum absolute atomic E-state index is 0.0940. The molecule has 4 aliphatic rings. The number of unbranched alkanes of at least 4 members (excludes halogenated alkanes) is 12. The van der Waals surface area contributed by atoms with Gasteiger partial charge in [-0.3, -0.25) is 14.4 Å². The third-order valence-electron chi connectivity index (χ3n) is 14.3. The zero-order valence-corrected chi connectivity index (χ0v) is 38.0. The van der Waals surface area contributed by atoms with E-state index in [0.29, 0.717) is 31.3 Å². The van der Waals surface area contributed by atoms with Gasteiger partial charge in [-0.2, -0.15) is 0 Å². The lowest BCUT2D eigenvalue weighted by molar-refractivity contribution is -0.292. The van der Waals surface area contributed by atoms with E-state index in [1.54, 1.807) is 6.08 Å². The van der Waals surface area contributed by atoms with Crippen LogP contribution in [0.15, 0.2) is 23.3 Å². The molecule has 0 amide bonds.